The van der Waals surface area contributed by atoms with E-state index in [0.717, 1.165) is 0 Å². The maximum atomic E-state index is 2.92. The lowest BCUT2D eigenvalue weighted by atomic mass is 10.5. The Morgan fingerprint density at radius 3 is 1.67 bits per heavy atom. The average Bonchev–Trinajstić information content (AvgIpc) is 1.90. The fraction of sp³-hybridized carbons (Fsp3) is 0. The van der Waals surface area contributed by atoms with Crippen LogP contribution in [0.1, 0.15) is 0 Å². The third kappa shape index (κ3) is 5.20. The second-order valence-electron chi connectivity index (χ2n) is 1.27. The van der Waals surface area contributed by atoms with E-state index in [4.69, 9.17) is 0 Å². The molecule has 3 N–H and O–H groups in total. The Morgan fingerprint density at radius 1 is 0.778 bits per heavy atom. The molecular weight excluding hydrogens is 134 g/mol. The standard InChI is InChI=1S/C6H7N.H2O.H2S/c1-2-4-6-7-5-3-1;;/h1-7H;2*1H2. The molecule has 0 aliphatic carbocycles. The Kier molecular flexibility index (Phi) is 9.10. The molecule has 9 heavy (non-hydrogen) atoms. The van der Waals surface area contributed by atoms with Crippen LogP contribution >= 0.6 is 13.5 Å². The molecule has 52 valence electrons. The van der Waals surface area contributed by atoms with Crippen LogP contribution in [0.15, 0.2) is 36.7 Å². The van der Waals surface area contributed by atoms with Crippen molar-refractivity contribution >= 4 is 13.5 Å². The first-order valence-electron chi connectivity index (χ1n) is 2.24. The van der Waals surface area contributed by atoms with Crippen LogP contribution in [0.5, 0.6) is 0 Å². The monoisotopic (exact) mass is 145 g/mol. The van der Waals surface area contributed by atoms with Crippen molar-refractivity contribution in [3.05, 3.63) is 36.7 Å². The summed E-state index contributed by atoms with van der Waals surface area (Å²) in [5.74, 6) is 0. The lowest BCUT2D eigenvalue weighted by molar-refractivity contribution is 0.824. The van der Waals surface area contributed by atoms with Crippen LogP contribution in [0.2, 0.25) is 0 Å². The quantitative estimate of drug-likeness (QED) is 0.529. The van der Waals surface area contributed by atoms with Gasteiger partial charge in [-0.05, 0) is 12.2 Å². The van der Waals surface area contributed by atoms with Crippen molar-refractivity contribution in [2.24, 2.45) is 0 Å². The van der Waals surface area contributed by atoms with E-state index in [-0.39, 0.29) is 19.0 Å². The van der Waals surface area contributed by atoms with Crippen LogP contribution in [0.25, 0.3) is 0 Å². The number of rotatable bonds is 0. The maximum absolute atomic E-state index is 2.92. The fourth-order valence-corrected chi connectivity index (χ4v) is 0.406. The van der Waals surface area contributed by atoms with Crippen LogP contribution in [0.3, 0.4) is 0 Å². The molecule has 0 unspecified atom stereocenters. The van der Waals surface area contributed by atoms with Crippen molar-refractivity contribution in [2.45, 2.75) is 0 Å². The number of nitrogens with one attached hydrogen (secondary N) is 1. The van der Waals surface area contributed by atoms with Gasteiger partial charge in [0.05, 0.1) is 0 Å². The lowest BCUT2D eigenvalue weighted by Gasteiger charge is -1.79. The highest BCUT2D eigenvalue weighted by Gasteiger charge is 1.67. The molecule has 3 heteroatoms. The first-order chi connectivity index (χ1) is 3.50. The van der Waals surface area contributed by atoms with Gasteiger partial charge in [0.2, 0.25) is 0 Å². The Labute approximate surface area is 61.7 Å². The van der Waals surface area contributed by atoms with Crippen molar-refractivity contribution in [3.8, 4) is 0 Å². The molecular formula is C6H11NOS. The Balaban J connectivity index is 0. The molecule has 0 radical (unpaired) electrons. The van der Waals surface area contributed by atoms with Gasteiger partial charge in [0.1, 0.15) is 0 Å². The molecule has 0 saturated heterocycles. The van der Waals surface area contributed by atoms with Gasteiger partial charge in [-0.3, -0.25) is 0 Å². The number of hydrogen-bond acceptors (Lipinski definition) is 1. The molecule has 0 aromatic carbocycles. The van der Waals surface area contributed by atoms with E-state index in [1.807, 2.05) is 36.7 Å². The first-order valence-corrected chi connectivity index (χ1v) is 2.24. The summed E-state index contributed by atoms with van der Waals surface area (Å²) in [6.07, 6.45) is 11.6. The summed E-state index contributed by atoms with van der Waals surface area (Å²) >= 11 is 0. The van der Waals surface area contributed by atoms with Gasteiger partial charge in [0.25, 0.3) is 0 Å². The summed E-state index contributed by atoms with van der Waals surface area (Å²) in [4.78, 5) is 0. The predicted octanol–water partition coefficient (Wildman–Crippen LogP) is 0.461. The summed E-state index contributed by atoms with van der Waals surface area (Å²) < 4.78 is 0. The summed E-state index contributed by atoms with van der Waals surface area (Å²) in [5.41, 5.74) is 0. The maximum Gasteiger partial charge on any atom is 0.000442 e. The van der Waals surface area contributed by atoms with Gasteiger partial charge in [-0.2, -0.15) is 13.5 Å². The zero-order valence-corrected chi connectivity index (χ0v) is 5.96. The van der Waals surface area contributed by atoms with Crippen molar-refractivity contribution in [3.63, 3.8) is 0 Å². The zero-order valence-electron chi connectivity index (χ0n) is 4.96. The second kappa shape index (κ2) is 7.33. The summed E-state index contributed by atoms with van der Waals surface area (Å²) in [6.45, 7) is 0. The topological polar surface area (TPSA) is 43.5 Å². The molecule has 0 aromatic rings. The minimum Gasteiger partial charge on any atom is -0.412 e. The van der Waals surface area contributed by atoms with E-state index in [2.05, 4.69) is 5.32 Å². The largest absolute Gasteiger partial charge is 0.412 e. The molecule has 0 spiro atoms. The molecule has 0 aromatic heterocycles. The van der Waals surface area contributed by atoms with Crippen molar-refractivity contribution in [1.82, 2.24) is 5.32 Å². The minimum absolute atomic E-state index is 0. The van der Waals surface area contributed by atoms with E-state index in [0.29, 0.717) is 0 Å². The van der Waals surface area contributed by atoms with Gasteiger partial charge in [-0.1, -0.05) is 12.2 Å². The molecule has 1 rings (SSSR count). The van der Waals surface area contributed by atoms with Crippen LogP contribution in [-0.2, 0) is 0 Å². The van der Waals surface area contributed by atoms with Crippen LogP contribution < -0.4 is 5.32 Å². The van der Waals surface area contributed by atoms with Crippen LogP contribution in [-0.4, -0.2) is 5.48 Å². The highest BCUT2D eigenvalue weighted by Crippen LogP contribution is 1.81. The molecule has 1 aliphatic rings. The van der Waals surface area contributed by atoms with E-state index in [1.54, 1.807) is 0 Å². The Bertz CT molecular complexity index is 115. The average molecular weight is 145 g/mol. The van der Waals surface area contributed by atoms with E-state index < -0.39 is 0 Å². The van der Waals surface area contributed by atoms with Crippen molar-refractivity contribution in [2.75, 3.05) is 0 Å². The Morgan fingerprint density at radius 2 is 1.22 bits per heavy atom. The molecule has 0 fully saturated rings. The minimum atomic E-state index is 0. The number of hydrogen-bond donors (Lipinski definition) is 1. The highest BCUT2D eigenvalue weighted by atomic mass is 32.1. The summed E-state index contributed by atoms with van der Waals surface area (Å²) in [6, 6.07) is 0. The van der Waals surface area contributed by atoms with Gasteiger partial charge in [-0.15, -0.1) is 0 Å². The third-order valence-electron chi connectivity index (χ3n) is 0.718. The zero-order chi connectivity index (χ0) is 4.95. The highest BCUT2D eigenvalue weighted by molar-refractivity contribution is 7.59. The van der Waals surface area contributed by atoms with Gasteiger partial charge in [0.15, 0.2) is 0 Å². The van der Waals surface area contributed by atoms with E-state index in [9.17, 15) is 0 Å². The van der Waals surface area contributed by atoms with Gasteiger partial charge in [0, 0.05) is 12.4 Å². The fourth-order valence-electron chi connectivity index (χ4n) is 0.406. The van der Waals surface area contributed by atoms with Gasteiger partial charge >= 0.3 is 0 Å². The molecule has 1 aliphatic heterocycles. The molecule has 0 bridgehead atoms. The SMILES string of the molecule is C1=CC=CNC=C1.O.S. The molecule has 1 heterocycles. The van der Waals surface area contributed by atoms with Gasteiger partial charge < -0.3 is 10.8 Å². The second-order valence-corrected chi connectivity index (χ2v) is 1.27. The first kappa shape index (κ1) is 11.2. The van der Waals surface area contributed by atoms with Crippen LogP contribution in [0.4, 0.5) is 0 Å². The normalized spacial score (nSPS) is 12.4. The molecule has 0 atom stereocenters. The number of allylic oxidation sites excluding steroid dienone is 4. The molecule has 0 saturated carbocycles. The summed E-state index contributed by atoms with van der Waals surface area (Å²) in [5, 5.41) is 2.92. The molecule has 0 amide bonds. The van der Waals surface area contributed by atoms with Gasteiger partial charge in [-0.25, -0.2) is 0 Å². The van der Waals surface area contributed by atoms with E-state index >= 15 is 0 Å². The lowest BCUT2D eigenvalue weighted by Crippen LogP contribution is -1.87. The summed E-state index contributed by atoms with van der Waals surface area (Å²) in [7, 11) is 0. The van der Waals surface area contributed by atoms with Crippen molar-refractivity contribution in [1.29, 1.82) is 0 Å². The predicted molar refractivity (Wildman–Crippen MR) is 44.6 cm³/mol. The van der Waals surface area contributed by atoms with E-state index in [1.165, 1.54) is 0 Å². The molecule has 2 nitrogen and oxygen atoms in total. The van der Waals surface area contributed by atoms with Crippen LogP contribution in [0, 0.1) is 0 Å². The van der Waals surface area contributed by atoms with Crippen molar-refractivity contribution < 1.29 is 5.48 Å². The third-order valence-corrected chi connectivity index (χ3v) is 0.718. The smallest absolute Gasteiger partial charge is 0.000442 e. The Hall–Kier alpha value is -0.670.